The third-order valence-electron chi connectivity index (χ3n) is 4.95. The monoisotopic (exact) mass is 471 g/mol. The van der Waals surface area contributed by atoms with Gasteiger partial charge in [-0.2, -0.15) is 0 Å². The lowest BCUT2D eigenvalue weighted by molar-refractivity contribution is -0.123. The molecular formula is C23H22ClN3O4S. The summed E-state index contributed by atoms with van der Waals surface area (Å²) in [5.41, 5.74) is 2.78. The molecule has 0 saturated carbocycles. The van der Waals surface area contributed by atoms with Crippen molar-refractivity contribution in [3.05, 3.63) is 51.8 Å². The van der Waals surface area contributed by atoms with Crippen molar-refractivity contribution in [2.24, 2.45) is 0 Å². The molecule has 1 N–H and O–H groups in total. The van der Waals surface area contributed by atoms with E-state index in [1.165, 1.54) is 12.0 Å². The Morgan fingerprint density at radius 2 is 2.16 bits per heavy atom. The molecule has 0 bridgehead atoms. The molecule has 0 spiro atoms. The average Bonchev–Trinajstić information content (AvgIpc) is 3.24. The number of halogens is 1. The van der Waals surface area contributed by atoms with Gasteiger partial charge in [-0.25, -0.2) is 4.98 Å². The molecular weight excluding hydrogens is 450 g/mol. The Hall–Kier alpha value is -3.10. The van der Waals surface area contributed by atoms with Crippen LogP contribution in [0, 0.1) is 0 Å². The first-order valence-corrected chi connectivity index (χ1v) is 11.4. The second kappa shape index (κ2) is 9.58. The van der Waals surface area contributed by atoms with Crippen molar-refractivity contribution in [2.45, 2.75) is 19.8 Å². The summed E-state index contributed by atoms with van der Waals surface area (Å²) >= 11 is 7.75. The Morgan fingerprint density at radius 3 is 2.91 bits per heavy atom. The van der Waals surface area contributed by atoms with Crippen LogP contribution < -0.4 is 19.7 Å². The second-order valence-electron chi connectivity index (χ2n) is 7.23. The third-order valence-corrected chi connectivity index (χ3v) is 6.15. The van der Waals surface area contributed by atoms with Crippen LogP contribution in [-0.2, 0) is 16.0 Å². The second-order valence-corrected chi connectivity index (χ2v) is 8.57. The van der Waals surface area contributed by atoms with Gasteiger partial charge in [0.15, 0.2) is 6.61 Å². The molecule has 2 heterocycles. The molecule has 2 amide bonds. The maximum absolute atomic E-state index is 12.7. The molecule has 166 valence electrons. The molecule has 0 atom stereocenters. The van der Waals surface area contributed by atoms with E-state index in [0.717, 1.165) is 29.1 Å². The third kappa shape index (κ3) is 4.71. The number of anilines is 2. The number of nitrogens with one attached hydrogen (secondary N) is 1. The van der Waals surface area contributed by atoms with Gasteiger partial charge in [0, 0.05) is 16.6 Å². The minimum Gasteiger partial charge on any atom is -0.495 e. The molecule has 0 aliphatic carbocycles. The van der Waals surface area contributed by atoms with Gasteiger partial charge < -0.3 is 14.8 Å². The lowest BCUT2D eigenvalue weighted by atomic mass is 10.1. The fourth-order valence-electron chi connectivity index (χ4n) is 3.40. The van der Waals surface area contributed by atoms with Crippen LogP contribution in [0.15, 0.2) is 41.8 Å². The normalized spacial score (nSPS) is 12.8. The molecule has 1 aliphatic heterocycles. The summed E-state index contributed by atoms with van der Waals surface area (Å²) in [5, 5.41) is 6.23. The SMILES string of the molecule is CCCc1nc(-c2ccc3c(c2)N(CC(=O)Nc2ccc(OC)c(Cl)c2)C(=O)CO3)cs1. The van der Waals surface area contributed by atoms with E-state index >= 15 is 0 Å². The van der Waals surface area contributed by atoms with Gasteiger partial charge in [-0.05, 0) is 49.2 Å². The quantitative estimate of drug-likeness (QED) is 0.536. The van der Waals surface area contributed by atoms with Gasteiger partial charge in [-0.15, -0.1) is 11.3 Å². The zero-order valence-corrected chi connectivity index (χ0v) is 19.3. The van der Waals surface area contributed by atoms with E-state index in [0.29, 0.717) is 27.9 Å². The highest BCUT2D eigenvalue weighted by atomic mass is 35.5. The number of ether oxygens (including phenoxy) is 2. The highest BCUT2D eigenvalue weighted by molar-refractivity contribution is 7.09. The van der Waals surface area contributed by atoms with E-state index in [4.69, 9.17) is 21.1 Å². The highest BCUT2D eigenvalue weighted by Gasteiger charge is 2.28. The number of fused-ring (bicyclic) bond motifs is 1. The van der Waals surface area contributed by atoms with E-state index in [2.05, 4.69) is 17.2 Å². The van der Waals surface area contributed by atoms with Gasteiger partial charge >= 0.3 is 0 Å². The average molecular weight is 472 g/mol. The first-order chi connectivity index (χ1) is 15.5. The summed E-state index contributed by atoms with van der Waals surface area (Å²) in [6.45, 7) is 1.84. The lowest BCUT2D eigenvalue weighted by Gasteiger charge is -2.29. The number of hydrogen-bond donors (Lipinski definition) is 1. The zero-order valence-electron chi connectivity index (χ0n) is 17.7. The maximum atomic E-state index is 12.7. The Labute approximate surface area is 194 Å². The van der Waals surface area contributed by atoms with Gasteiger partial charge in [0.1, 0.15) is 18.0 Å². The Bertz CT molecular complexity index is 1160. The van der Waals surface area contributed by atoms with Crippen LogP contribution in [0.5, 0.6) is 11.5 Å². The predicted octanol–water partition coefficient (Wildman–Crippen LogP) is 4.79. The molecule has 9 heteroatoms. The molecule has 1 aliphatic rings. The van der Waals surface area contributed by atoms with Gasteiger partial charge in [-0.1, -0.05) is 18.5 Å². The number of hydrogen-bond acceptors (Lipinski definition) is 6. The number of benzene rings is 2. The molecule has 7 nitrogen and oxygen atoms in total. The van der Waals surface area contributed by atoms with Crippen molar-refractivity contribution in [1.82, 2.24) is 4.98 Å². The summed E-state index contributed by atoms with van der Waals surface area (Å²) in [5.74, 6) is 0.426. The van der Waals surface area contributed by atoms with Gasteiger partial charge in [0.25, 0.3) is 5.91 Å². The first kappa shape index (κ1) is 22.1. The van der Waals surface area contributed by atoms with E-state index in [-0.39, 0.29) is 25.0 Å². The van der Waals surface area contributed by atoms with E-state index in [9.17, 15) is 9.59 Å². The van der Waals surface area contributed by atoms with Crippen LogP contribution >= 0.6 is 22.9 Å². The van der Waals surface area contributed by atoms with Crippen LogP contribution in [0.4, 0.5) is 11.4 Å². The molecule has 32 heavy (non-hydrogen) atoms. The molecule has 4 rings (SSSR count). The molecule has 1 aromatic heterocycles. The van der Waals surface area contributed by atoms with Crippen molar-refractivity contribution >= 4 is 46.1 Å². The summed E-state index contributed by atoms with van der Waals surface area (Å²) < 4.78 is 10.7. The first-order valence-electron chi connectivity index (χ1n) is 10.1. The Kier molecular flexibility index (Phi) is 6.62. The predicted molar refractivity (Wildman–Crippen MR) is 126 cm³/mol. The number of methoxy groups -OCH3 is 1. The van der Waals surface area contributed by atoms with Crippen LogP contribution in [-0.4, -0.2) is 37.1 Å². The maximum Gasteiger partial charge on any atom is 0.265 e. The van der Waals surface area contributed by atoms with Crippen LogP contribution in [0.25, 0.3) is 11.3 Å². The minimum atomic E-state index is -0.350. The van der Waals surface area contributed by atoms with Gasteiger partial charge in [-0.3, -0.25) is 14.5 Å². The lowest BCUT2D eigenvalue weighted by Crippen LogP contribution is -2.43. The fraction of sp³-hybridized carbons (Fsp3) is 0.261. The molecule has 0 saturated heterocycles. The summed E-state index contributed by atoms with van der Waals surface area (Å²) in [7, 11) is 1.52. The fourth-order valence-corrected chi connectivity index (χ4v) is 4.56. The van der Waals surface area contributed by atoms with Crippen molar-refractivity contribution in [3.8, 4) is 22.8 Å². The number of aromatic nitrogens is 1. The van der Waals surface area contributed by atoms with Crippen molar-refractivity contribution < 1.29 is 19.1 Å². The zero-order chi connectivity index (χ0) is 22.7. The topological polar surface area (TPSA) is 80.8 Å². The van der Waals surface area contributed by atoms with Crippen LogP contribution in [0.3, 0.4) is 0 Å². The van der Waals surface area contributed by atoms with Crippen LogP contribution in [0.2, 0.25) is 5.02 Å². The molecule has 0 fully saturated rings. The standard InChI is InChI=1S/C23H22ClN3O4S/c1-3-4-22-26-17(13-32-22)14-5-7-20-18(9-14)27(23(29)12-31-20)11-21(28)25-15-6-8-19(30-2)16(24)10-15/h5-10,13H,3-4,11-12H2,1-2H3,(H,25,28). The van der Waals surface area contributed by atoms with E-state index in [1.807, 2.05) is 23.6 Å². The largest absolute Gasteiger partial charge is 0.495 e. The minimum absolute atomic E-state index is 0.120. The molecule has 0 unspecified atom stereocenters. The number of rotatable bonds is 7. The number of amides is 2. The Balaban J connectivity index is 1.55. The van der Waals surface area contributed by atoms with Crippen molar-refractivity contribution in [1.29, 1.82) is 0 Å². The molecule has 3 aromatic rings. The summed E-state index contributed by atoms with van der Waals surface area (Å²) in [6, 6.07) is 10.5. The number of thiazole rings is 1. The van der Waals surface area contributed by atoms with E-state index < -0.39 is 0 Å². The van der Waals surface area contributed by atoms with E-state index in [1.54, 1.807) is 29.5 Å². The van der Waals surface area contributed by atoms with Gasteiger partial charge in [0.2, 0.25) is 5.91 Å². The highest BCUT2D eigenvalue weighted by Crippen LogP contribution is 2.36. The number of nitrogens with zero attached hydrogens (tertiary/aromatic N) is 2. The number of carbonyl (C=O) groups is 2. The summed E-state index contributed by atoms with van der Waals surface area (Å²) in [6.07, 6.45) is 1.96. The number of carbonyl (C=O) groups excluding carboxylic acids is 2. The smallest absolute Gasteiger partial charge is 0.265 e. The Morgan fingerprint density at radius 1 is 1.31 bits per heavy atom. The summed E-state index contributed by atoms with van der Waals surface area (Å²) in [4.78, 5) is 31.4. The molecule has 2 aromatic carbocycles. The van der Waals surface area contributed by atoms with Crippen molar-refractivity contribution in [3.63, 3.8) is 0 Å². The number of aryl methyl sites for hydroxylation is 1. The van der Waals surface area contributed by atoms with Gasteiger partial charge in [0.05, 0.1) is 28.5 Å². The van der Waals surface area contributed by atoms with Crippen LogP contribution in [0.1, 0.15) is 18.4 Å². The molecule has 0 radical (unpaired) electrons. The van der Waals surface area contributed by atoms with Crippen molar-refractivity contribution in [2.75, 3.05) is 30.5 Å².